The highest BCUT2D eigenvalue weighted by molar-refractivity contribution is 9.10. The van der Waals surface area contributed by atoms with Crippen molar-refractivity contribution in [2.75, 3.05) is 0 Å². The van der Waals surface area contributed by atoms with Crippen LogP contribution in [0.3, 0.4) is 0 Å². The highest BCUT2D eigenvalue weighted by Gasteiger charge is 2.14. The molecule has 0 aliphatic heterocycles. The third kappa shape index (κ3) is 2.87. The Morgan fingerprint density at radius 1 is 1.12 bits per heavy atom. The van der Waals surface area contributed by atoms with Gasteiger partial charge >= 0.3 is 0 Å². The molecule has 3 heterocycles. The molecule has 8 heteroatoms. The number of H-pyrrole nitrogens is 1. The smallest absolute Gasteiger partial charge is 0.213 e. The van der Waals surface area contributed by atoms with Crippen molar-refractivity contribution in [1.29, 1.82) is 0 Å². The Balaban J connectivity index is 0.00000168. The predicted molar refractivity (Wildman–Crippen MR) is 112 cm³/mol. The van der Waals surface area contributed by atoms with Gasteiger partial charge in [0.25, 0.3) is 0 Å². The van der Waals surface area contributed by atoms with Crippen molar-refractivity contribution in [3.63, 3.8) is 0 Å². The molecule has 0 radical (unpaired) electrons. The monoisotopic (exact) mass is 492 g/mol. The standard InChI is InChI=1S/C18H10BrFN4S.BrH/c19-11-3-6-15-13(7-11)14(8-21-15)17-23-24-9-16(22-18(24)25-17)10-1-4-12(20)5-2-10;/h1-9,21H;1H. The summed E-state index contributed by atoms with van der Waals surface area (Å²) >= 11 is 5.04. The molecule has 3 aromatic heterocycles. The largest absolute Gasteiger partial charge is 0.360 e. The highest BCUT2D eigenvalue weighted by Crippen LogP contribution is 2.34. The van der Waals surface area contributed by atoms with Crippen molar-refractivity contribution < 1.29 is 4.39 Å². The van der Waals surface area contributed by atoms with E-state index in [-0.39, 0.29) is 22.8 Å². The van der Waals surface area contributed by atoms with E-state index in [1.54, 1.807) is 16.6 Å². The molecule has 0 saturated carbocycles. The summed E-state index contributed by atoms with van der Waals surface area (Å²) in [6.45, 7) is 0. The van der Waals surface area contributed by atoms with Gasteiger partial charge in [-0.2, -0.15) is 5.10 Å². The minimum absolute atomic E-state index is 0. The van der Waals surface area contributed by atoms with E-state index in [9.17, 15) is 4.39 Å². The van der Waals surface area contributed by atoms with Gasteiger partial charge in [-0.15, -0.1) is 17.0 Å². The van der Waals surface area contributed by atoms with Gasteiger partial charge in [-0.25, -0.2) is 13.9 Å². The van der Waals surface area contributed by atoms with Gasteiger partial charge in [0.2, 0.25) is 4.96 Å². The molecule has 5 rings (SSSR count). The van der Waals surface area contributed by atoms with Gasteiger partial charge in [0.05, 0.1) is 11.9 Å². The molecule has 1 N–H and O–H groups in total. The summed E-state index contributed by atoms with van der Waals surface area (Å²) in [6.07, 6.45) is 3.84. The maximum atomic E-state index is 13.1. The summed E-state index contributed by atoms with van der Waals surface area (Å²) < 4.78 is 15.9. The van der Waals surface area contributed by atoms with Gasteiger partial charge in [0, 0.05) is 32.7 Å². The molecule has 26 heavy (non-hydrogen) atoms. The molecule has 0 aliphatic carbocycles. The lowest BCUT2D eigenvalue weighted by Gasteiger charge is -1.96. The molecule has 0 saturated heterocycles. The first-order valence-electron chi connectivity index (χ1n) is 7.56. The van der Waals surface area contributed by atoms with Crippen molar-refractivity contribution in [3.05, 3.63) is 65.1 Å². The van der Waals surface area contributed by atoms with Gasteiger partial charge in [-0.3, -0.25) is 0 Å². The number of nitrogens with one attached hydrogen (secondary N) is 1. The lowest BCUT2D eigenvalue weighted by Crippen LogP contribution is -1.82. The molecule has 0 atom stereocenters. The Labute approximate surface area is 170 Å². The topological polar surface area (TPSA) is 46.0 Å². The third-order valence-electron chi connectivity index (χ3n) is 4.06. The fraction of sp³-hybridized carbons (Fsp3) is 0. The number of nitrogens with zero attached hydrogens (tertiary/aromatic N) is 3. The van der Waals surface area contributed by atoms with Crippen LogP contribution < -0.4 is 0 Å². The fourth-order valence-electron chi connectivity index (χ4n) is 2.84. The Hall–Kier alpha value is -2.03. The minimum atomic E-state index is -0.254. The maximum absolute atomic E-state index is 13.1. The minimum Gasteiger partial charge on any atom is -0.360 e. The van der Waals surface area contributed by atoms with E-state index in [0.29, 0.717) is 0 Å². The van der Waals surface area contributed by atoms with Crippen molar-refractivity contribution in [1.82, 2.24) is 19.6 Å². The van der Waals surface area contributed by atoms with E-state index in [0.717, 1.165) is 42.2 Å². The molecule has 5 aromatic rings. The van der Waals surface area contributed by atoms with Crippen LogP contribution in [0.2, 0.25) is 0 Å². The molecule has 0 fully saturated rings. The molecule has 0 bridgehead atoms. The fourth-order valence-corrected chi connectivity index (χ4v) is 4.11. The number of hydrogen-bond donors (Lipinski definition) is 1. The van der Waals surface area contributed by atoms with E-state index in [1.165, 1.54) is 23.5 Å². The van der Waals surface area contributed by atoms with Crippen LogP contribution in [-0.2, 0) is 0 Å². The summed E-state index contributed by atoms with van der Waals surface area (Å²) in [6, 6.07) is 12.4. The summed E-state index contributed by atoms with van der Waals surface area (Å²) in [5.41, 5.74) is 3.77. The van der Waals surface area contributed by atoms with Crippen molar-refractivity contribution >= 4 is 60.1 Å². The van der Waals surface area contributed by atoms with Crippen LogP contribution in [0.25, 0.3) is 37.7 Å². The maximum Gasteiger partial charge on any atom is 0.213 e. The van der Waals surface area contributed by atoms with Crippen LogP contribution in [0.1, 0.15) is 0 Å². The molecular weight excluding hydrogens is 483 g/mol. The Morgan fingerprint density at radius 2 is 1.92 bits per heavy atom. The van der Waals surface area contributed by atoms with Gasteiger partial charge in [0.15, 0.2) is 0 Å². The Bertz CT molecular complexity index is 1190. The molecule has 0 amide bonds. The molecule has 130 valence electrons. The molecule has 2 aromatic carbocycles. The lowest BCUT2D eigenvalue weighted by molar-refractivity contribution is 0.628. The Morgan fingerprint density at radius 3 is 2.69 bits per heavy atom. The number of benzene rings is 2. The van der Waals surface area contributed by atoms with E-state index in [1.807, 2.05) is 24.5 Å². The van der Waals surface area contributed by atoms with E-state index < -0.39 is 0 Å². The molecular formula is C18H11Br2FN4S. The zero-order valence-corrected chi connectivity index (χ0v) is 17.2. The van der Waals surface area contributed by atoms with Crippen molar-refractivity contribution in [2.24, 2.45) is 0 Å². The summed E-state index contributed by atoms with van der Waals surface area (Å²) in [7, 11) is 0. The molecule has 0 unspecified atom stereocenters. The van der Waals surface area contributed by atoms with Gasteiger partial charge < -0.3 is 4.98 Å². The van der Waals surface area contributed by atoms with Crippen LogP contribution in [0, 0.1) is 5.82 Å². The highest BCUT2D eigenvalue weighted by atomic mass is 79.9. The van der Waals surface area contributed by atoms with Crippen LogP contribution in [0.4, 0.5) is 4.39 Å². The van der Waals surface area contributed by atoms with E-state index >= 15 is 0 Å². The average Bonchev–Trinajstić information content (AvgIpc) is 3.27. The number of aromatic nitrogens is 4. The van der Waals surface area contributed by atoms with Gasteiger partial charge in [-0.1, -0.05) is 27.3 Å². The number of hydrogen-bond acceptors (Lipinski definition) is 3. The Kier molecular flexibility index (Phi) is 4.42. The van der Waals surface area contributed by atoms with Gasteiger partial charge in [-0.05, 0) is 42.5 Å². The molecule has 0 aliphatic rings. The first-order chi connectivity index (χ1) is 12.2. The van der Waals surface area contributed by atoms with E-state index in [4.69, 9.17) is 0 Å². The normalized spacial score (nSPS) is 11.2. The SMILES string of the molecule is Br.Fc1ccc(-c2cn3nc(-c4c[nH]c5ccc(Br)cc45)sc3n2)cc1. The average molecular weight is 494 g/mol. The van der Waals surface area contributed by atoms with Crippen molar-refractivity contribution in [2.45, 2.75) is 0 Å². The zero-order valence-electron chi connectivity index (χ0n) is 13.1. The number of fused-ring (bicyclic) bond motifs is 2. The second-order valence-corrected chi connectivity index (χ2v) is 7.53. The molecule has 0 spiro atoms. The first-order valence-corrected chi connectivity index (χ1v) is 9.17. The summed E-state index contributed by atoms with van der Waals surface area (Å²) in [5, 5.41) is 6.68. The number of rotatable bonds is 2. The van der Waals surface area contributed by atoms with Gasteiger partial charge in [0.1, 0.15) is 10.8 Å². The molecule has 4 nitrogen and oxygen atoms in total. The zero-order chi connectivity index (χ0) is 17.0. The van der Waals surface area contributed by atoms with Crippen LogP contribution in [-0.4, -0.2) is 19.6 Å². The predicted octanol–water partition coefficient (Wildman–Crippen LogP) is 6.09. The number of imidazole rings is 1. The summed E-state index contributed by atoms with van der Waals surface area (Å²) in [5.74, 6) is -0.254. The van der Waals surface area contributed by atoms with Crippen LogP contribution in [0.5, 0.6) is 0 Å². The summed E-state index contributed by atoms with van der Waals surface area (Å²) in [4.78, 5) is 8.70. The second kappa shape index (κ2) is 6.61. The number of aromatic amines is 1. The first kappa shape index (κ1) is 17.4. The lowest BCUT2D eigenvalue weighted by atomic mass is 10.2. The van der Waals surface area contributed by atoms with E-state index in [2.05, 4.69) is 37.1 Å². The van der Waals surface area contributed by atoms with Crippen LogP contribution >= 0.6 is 44.2 Å². The number of halogens is 3. The third-order valence-corrected chi connectivity index (χ3v) is 5.51. The second-order valence-electron chi connectivity index (χ2n) is 5.66. The van der Waals surface area contributed by atoms with Crippen molar-refractivity contribution in [3.8, 4) is 21.8 Å². The van der Waals surface area contributed by atoms with Crippen LogP contribution in [0.15, 0.2) is 59.3 Å². The quantitative estimate of drug-likeness (QED) is 0.323.